The van der Waals surface area contributed by atoms with Gasteiger partial charge in [-0.1, -0.05) is 40.9 Å². The van der Waals surface area contributed by atoms with E-state index in [1.54, 1.807) is 12.1 Å². The largest absolute Gasteiger partial charge is 0.471 e. The molecule has 0 aliphatic heterocycles. The molecule has 0 heterocycles. The van der Waals surface area contributed by atoms with Gasteiger partial charge in [0.2, 0.25) is 5.91 Å². The van der Waals surface area contributed by atoms with Gasteiger partial charge in [-0.05, 0) is 25.0 Å². The predicted octanol–water partition coefficient (Wildman–Crippen LogP) is 2.98. The maximum atomic E-state index is 11.8. The second-order valence-corrected chi connectivity index (χ2v) is 5.88. The Balaban J connectivity index is 0.000000773. The van der Waals surface area contributed by atoms with Crippen LogP contribution in [0.25, 0.3) is 0 Å². The fourth-order valence-electron chi connectivity index (χ4n) is 2.24. The summed E-state index contributed by atoms with van der Waals surface area (Å²) >= 11 is 3.32. The minimum absolute atomic E-state index is 0.0259. The number of halogens is 1. The third kappa shape index (κ3) is 8.49. The first-order valence-corrected chi connectivity index (χ1v) is 8.24. The lowest BCUT2D eigenvalue weighted by Gasteiger charge is -2.09. The second kappa shape index (κ2) is 13.3. The zero-order valence-electron chi connectivity index (χ0n) is 13.7. The number of amides is 1. The molecule has 2 rings (SSSR count). The van der Waals surface area contributed by atoms with Crippen molar-refractivity contribution in [3.8, 4) is 12.8 Å². The molecule has 1 aliphatic carbocycles. The lowest BCUT2D eigenvalue weighted by atomic mass is 10.1. The Morgan fingerprint density at radius 1 is 1.25 bits per heavy atom. The second-order valence-electron chi connectivity index (χ2n) is 4.96. The number of ketones is 1. The van der Waals surface area contributed by atoms with Crippen molar-refractivity contribution in [3.05, 3.63) is 34.3 Å². The average molecular weight is 396 g/mol. The topological polar surface area (TPSA) is 72.5 Å². The van der Waals surface area contributed by atoms with Crippen LogP contribution in [0.3, 0.4) is 0 Å². The normalized spacial score (nSPS) is 12.7. The molecule has 0 unspecified atom stereocenters. The summed E-state index contributed by atoms with van der Waals surface area (Å²) in [6.45, 7) is 0.469. The van der Waals surface area contributed by atoms with E-state index in [0.717, 1.165) is 30.2 Å². The van der Waals surface area contributed by atoms with Crippen LogP contribution in [0.2, 0.25) is 0 Å². The highest BCUT2D eigenvalue weighted by atomic mass is 79.9. The van der Waals surface area contributed by atoms with E-state index in [2.05, 4.69) is 38.8 Å². The van der Waals surface area contributed by atoms with Crippen LogP contribution in [0.15, 0.2) is 28.7 Å². The Labute approximate surface area is 151 Å². The van der Waals surface area contributed by atoms with Crippen LogP contribution in [-0.2, 0) is 14.3 Å². The van der Waals surface area contributed by atoms with Crippen LogP contribution < -0.4 is 5.32 Å². The van der Waals surface area contributed by atoms with Gasteiger partial charge in [-0.3, -0.25) is 14.4 Å². The molecule has 1 aromatic carbocycles. The van der Waals surface area contributed by atoms with E-state index in [-0.39, 0.29) is 24.2 Å². The molecule has 0 saturated heterocycles. The first kappa shape index (κ1) is 21.9. The minimum atomic E-state index is -0.0474. The summed E-state index contributed by atoms with van der Waals surface area (Å²) in [5.41, 5.74) is 0.630. The van der Waals surface area contributed by atoms with Crippen molar-refractivity contribution < 1.29 is 19.1 Å². The number of terminal acetylenes is 1. The van der Waals surface area contributed by atoms with E-state index in [9.17, 15) is 9.59 Å². The molecule has 0 bridgehead atoms. The molecule has 0 aromatic heterocycles. The SMILES string of the molecule is C#C.COC=O.O=C(CNC(=O)C1CCCC1)c1ccc(Br)cc1. The molecular formula is C18H22BrNO4. The number of rotatable bonds is 5. The van der Waals surface area contributed by atoms with Crippen LogP contribution in [0.5, 0.6) is 0 Å². The standard InChI is InChI=1S/C14H16BrNO2.C2H4O2.C2H2/c15-12-7-5-10(6-8-12)13(17)9-16-14(18)11-3-1-2-4-11;1-4-2-3;1-2/h5-8,11H,1-4,9H2,(H,16,18);2H,1H3;1-2H. The molecule has 5 nitrogen and oxygen atoms in total. The summed E-state index contributed by atoms with van der Waals surface area (Å²) in [7, 11) is 1.31. The van der Waals surface area contributed by atoms with Crippen LogP contribution >= 0.6 is 15.9 Å². The Bertz CT molecular complexity index is 534. The monoisotopic (exact) mass is 395 g/mol. The summed E-state index contributed by atoms with van der Waals surface area (Å²) in [5, 5.41) is 2.74. The number of methoxy groups -OCH3 is 1. The molecule has 1 aromatic rings. The minimum Gasteiger partial charge on any atom is -0.471 e. The summed E-state index contributed by atoms with van der Waals surface area (Å²) in [6, 6.07) is 7.17. The van der Waals surface area contributed by atoms with Gasteiger partial charge in [-0.2, -0.15) is 0 Å². The summed E-state index contributed by atoms with van der Waals surface area (Å²) < 4.78 is 4.80. The molecule has 0 spiro atoms. The van der Waals surface area contributed by atoms with Crippen molar-refractivity contribution >= 4 is 34.1 Å². The molecule has 1 fully saturated rings. The number of hydrogen-bond donors (Lipinski definition) is 1. The van der Waals surface area contributed by atoms with E-state index in [0.29, 0.717) is 12.0 Å². The molecule has 1 saturated carbocycles. The van der Waals surface area contributed by atoms with Gasteiger partial charge in [-0.15, -0.1) is 12.8 Å². The van der Waals surface area contributed by atoms with Crippen molar-refractivity contribution in [2.24, 2.45) is 5.92 Å². The van der Waals surface area contributed by atoms with Gasteiger partial charge in [0.25, 0.3) is 6.47 Å². The number of hydrogen-bond acceptors (Lipinski definition) is 4. The maximum Gasteiger partial charge on any atom is 0.292 e. The molecule has 130 valence electrons. The highest BCUT2D eigenvalue weighted by Crippen LogP contribution is 2.24. The molecule has 24 heavy (non-hydrogen) atoms. The summed E-state index contributed by atoms with van der Waals surface area (Å²) in [4.78, 5) is 32.6. The van der Waals surface area contributed by atoms with Crippen LogP contribution in [-0.4, -0.2) is 31.8 Å². The highest BCUT2D eigenvalue weighted by molar-refractivity contribution is 9.10. The fraction of sp³-hybridized carbons (Fsp3) is 0.389. The highest BCUT2D eigenvalue weighted by Gasteiger charge is 2.22. The number of benzene rings is 1. The van der Waals surface area contributed by atoms with Gasteiger partial charge >= 0.3 is 0 Å². The quantitative estimate of drug-likeness (QED) is 0.472. The van der Waals surface area contributed by atoms with Gasteiger partial charge in [0.1, 0.15) is 0 Å². The van der Waals surface area contributed by atoms with E-state index < -0.39 is 0 Å². The number of ether oxygens (including phenoxy) is 1. The third-order valence-electron chi connectivity index (χ3n) is 3.41. The Morgan fingerprint density at radius 3 is 2.21 bits per heavy atom. The summed E-state index contributed by atoms with van der Waals surface area (Å²) in [6.07, 6.45) is 12.2. The van der Waals surface area contributed by atoms with Gasteiger partial charge in [0, 0.05) is 16.0 Å². The smallest absolute Gasteiger partial charge is 0.292 e. The van der Waals surface area contributed by atoms with Gasteiger partial charge < -0.3 is 10.1 Å². The van der Waals surface area contributed by atoms with Crippen LogP contribution in [0.4, 0.5) is 0 Å². The first-order chi connectivity index (χ1) is 11.6. The molecule has 1 N–H and O–H groups in total. The number of nitrogens with one attached hydrogen (secondary N) is 1. The molecule has 0 radical (unpaired) electrons. The first-order valence-electron chi connectivity index (χ1n) is 7.44. The fourth-order valence-corrected chi connectivity index (χ4v) is 2.50. The Kier molecular flexibility index (Phi) is 12.1. The van der Waals surface area contributed by atoms with Gasteiger partial charge in [0.05, 0.1) is 13.7 Å². The Hall–Kier alpha value is -2.13. The molecule has 6 heteroatoms. The van der Waals surface area contributed by atoms with E-state index in [1.807, 2.05) is 12.1 Å². The number of carbonyl (C=O) groups is 3. The van der Waals surface area contributed by atoms with Crippen molar-refractivity contribution in [2.45, 2.75) is 25.7 Å². The molecule has 1 aliphatic rings. The van der Waals surface area contributed by atoms with Crippen molar-refractivity contribution in [1.82, 2.24) is 5.32 Å². The molecular weight excluding hydrogens is 374 g/mol. The predicted molar refractivity (Wildman–Crippen MR) is 96.4 cm³/mol. The maximum absolute atomic E-state index is 11.8. The van der Waals surface area contributed by atoms with Crippen LogP contribution in [0, 0.1) is 18.8 Å². The third-order valence-corrected chi connectivity index (χ3v) is 3.94. The van der Waals surface area contributed by atoms with E-state index >= 15 is 0 Å². The zero-order valence-corrected chi connectivity index (χ0v) is 15.3. The van der Waals surface area contributed by atoms with Gasteiger partial charge in [0.15, 0.2) is 5.78 Å². The van der Waals surface area contributed by atoms with Crippen molar-refractivity contribution in [3.63, 3.8) is 0 Å². The van der Waals surface area contributed by atoms with E-state index in [4.69, 9.17) is 4.79 Å². The lowest BCUT2D eigenvalue weighted by molar-refractivity contribution is -0.126. The average Bonchev–Trinajstić information content (AvgIpc) is 3.16. The van der Waals surface area contributed by atoms with Crippen molar-refractivity contribution in [2.75, 3.05) is 13.7 Å². The molecule has 1 amide bonds. The molecule has 0 atom stereocenters. The van der Waals surface area contributed by atoms with Gasteiger partial charge in [-0.25, -0.2) is 0 Å². The van der Waals surface area contributed by atoms with E-state index in [1.165, 1.54) is 7.11 Å². The summed E-state index contributed by atoms with van der Waals surface area (Å²) in [5.74, 6) is 0.0922. The van der Waals surface area contributed by atoms with Crippen molar-refractivity contribution in [1.29, 1.82) is 0 Å². The number of carbonyl (C=O) groups excluding carboxylic acids is 3. The number of Topliss-reactive ketones (excluding diaryl/α,β-unsaturated/α-hetero) is 1. The van der Waals surface area contributed by atoms with Crippen LogP contribution in [0.1, 0.15) is 36.0 Å². The zero-order chi connectivity index (χ0) is 18.4. The Morgan fingerprint density at radius 2 is 1.75 bits per heavy atom. The lowest BCUT2D eigenvalue weighted by Crippen LogP contribution is -2.33.